The van der Waals surface area contributed by atoms with Crippen LogP contribution in [0.3, 0.4) is 0 Å². The van der Waals surface area contributed by atoms with Crippen molar-refractivity contribution in [2.45, 2.75) is 18.9 Å². The first-order valence-corrected chi connectivity index (χ1v) is 7.74. The van der Waals surface area contributed by atoms with Gasteiger partial charge < -0.3 is 10.2 Å². The molecular formula is C14H18N2OS. The number of thiophene rings is 1. The molecule has 5 rings (SSSR count). The van der Waals surface area contributed by atoms with Crippen LogP contribution in [0, 0.1) is 17.8 Å². The van der Waals surface area contributed by atoms with Gasteiger partial charge in [-0.2, -0.15) is 0 Å². The standard InChI is InChI=1S/C14H18N2OS/c17-14(12-2-1-3-18-12)15-13-10-4-9-5-11(13)8-16(6-9)7-10/h1-3,9-11,13H,4-8H2,(H,15,17)/t9?,10-,11-,13?/m0/s1. The van der Waals surface area contributed by atoms with Crippen LogP contribution >= 0.6 is 11.3 Å². The number of piperidine rings is 3. The monoisotopic (exact) mass is 262 g/mol. The van der Waals surface area contributed by atoms with Crippen molar-refractivity contribution in [2.24, 2.45) is 17.8 Å². The fourth-order valence-electron chi connectivity index (χ4n) is 4.27. The Bertz CT molecular complexity index is 428. The summed E-state index contributed by atoms with van der Waals surface area (Å²) < 4.78 is 0. The summed E-state index contributed by atoms with van der Waals surface area (Å²) in [7, 11) is 0. The van der Waals surface area contributed by atoms with E-state index in [0.717, 1.165) is 10.8 Å². The minimum Gasteiger partial charge on any atom is -0.348 e. The molecule has 1 saturated carbocycles. The number of hydrogen-bond acceptors (Lipinski definition) is 3. The van der Waals surface area contributed by atoms with Gasteiger partial charge in [0.25, 0.3) is 5.91 Å². The van der Waals surface area contributed by atoms with Crippen LogP contribution in [0.15, 0.2) is 17.5 Å². The van der Waals surface area contributed by atoms with E-state index in [-0.39, 0.29) is 5.91 Å². The number of nitrogens with one attached hydrogen (secondary N) is 1. The summed E-state index contributed by atoms with van der Waals surface area (Å²) in [6, 6.07) is 4.29. The molecule has 1 aliphatic carbocycles. The minimum atomic E-state index is 0.137. The molecular weight excluding hydrogens is 244 g/mol. The van der Waals surface area contributed by atoms with Crippen molar-refractivity contribution in [3.63, 3.8) is 0 Å². The second-order valence-electron chi connectivity index (χ2n) is 6.05. The fraction of sp³-hybridized carbons (Fsp3) is 0.643. The molecule has 0 aromatic carbocycles. The average molecular weight is 262 g/mol. The van der Waals surface area contributed by atoms with E-state index in [9.17, 15) is 4.79 Å². The molecule has 1 aromatic rings. The van der Waals surface area contributed by atoms with Gasteiger partial charge in [0.15, 0.2) is 0 Å². The van der Waals surface area contributed by atoms with Gasteiger partial charge in [0.05, 0.1) is 4.88 Å². The van der Waals surface area contributed by atoms with Crippen molar-refractivity contribution in [2.75, 3.05) is 19.6 Å². The van der Waals surface area contributed by atoms with Crippen molar-refractivity contribution in [1.29, 1.82) is 0 Å². The zero-order valence-electron chi connectivity index (χ0n) is 10.3. The Morgan fingerprint density at radius 2 is 2.06 bits per heavy atom. The van der Waals surface area contributed by atoms with Crippen LogP contribution in [0.25, 0.3) is 0 Å². The predicted octanol–water partition coefficient (Wildman–Crippen LogP) is 1.82. The highest BCUT2D eigenvalue weighted by Crippen LogP contribution is 2.43. The third-order valence-electron chi connectivity index (χ3n) is 4.83. The Morgan fingerprint density at radius 3 is 2.67 bits per heavy atom. The molecule has 4 aliphatic rings. The van der Waals surface area contributed by atoms with Crippen LogP contribution in [0.1, 0.15) is 22.5 Å². The van der Waals surface area contributed by atoms with Gasteiger partial charge in [0, 0.05) is 25.7 Å². The highest BCUT2D eigenvalue weighted by atomic mass is 32.1. The first-order valence-electron chi connectivity index (χ1n) is 6.86. The molecule has 18 heavy (non-hydrogen) atoms. The second-order valence-corrected chi connectivity index (χ2v) is 7.00. The maximum absolute atomic E-state index is 12.2. The molecule has 96 valence electrons. The minimum absolute atomic E-state index is 0.137. The third kappa shape index (κ3) is 1.70. The van der Waals surface area contributed by atoms with Gasteiger partial charge in [-0.15, -0.1) is 11.3 Å². The summed E-state index contributed by atoms with van der Waals surface area (Å²) in [6.07, 6.45) is 2.64. The summed E-state index contributed by atoms with van der Waals surface area (Å²) in [5.74, 6) is 2.43. The Hall–Kier alpha value is -0.870. The molecule has 4 heteroatoms. The lowest BCUT2D eigenvalue weighted by atomic mass is 9.65. The molecule has 3 nitrogen and oxygen atoms in total. The van der Waals surface area contributed by atoms with Crippen molar-refractivity contribution < 1.29 is 4.79 Å². The SMILES string of the molecule is O=C(NC1[C@H]2CC3C[C@H]1CN(C3)C2)c1cccs1. The molecule has 1 aromatic heterocycles. The van der Waals surface area contributed by atoms with Crippen molar-refractivity contribution >= 4 is 17.2 Å². The van der Waals surface area contributed by atoms with E-state index in [1.54, 1.807) is 0 Å². The van der Waals surface area contributed by atoms with Crippen LogP contribution in [-0.2, 0) is 0 Å². The molecule has 1 amide bonds. The predicted molar refractivity (Wildman–Crippen MR) is 71.7 cm³/mol. The van der Waals surface area contributed by atoms with Crippen molar-refractivity contribution in [3.8, 4) is 0 Å². The van der Waals surface area contributed by atoms with Crippen LogP contribution in [0.4, 0.5) is 0 Å². The first-order chi connectivity index (χ1) is 8.79. The summed E-state index contributed by atoms with van der Waals surface area (Å²) in [4.78, 5) is 15.6. The van der Waals surface area contributed by atoms with E-state index in [0.29, 0.717) is 17.9 Å². The average Bonchev–Trinajstić information content (AvgIpc) is 2.86. The third-order valence-corrected chi connectivity index (χ3v) is 5.70. The van der Waals surface area contributed by atoms with Crippen molar-refractivity contribution in [3.05, 3.63) is 22.4 Å². The van der Waals surface area contributed by atoms with E-state index < -0.39 is 0 Å². The van der Waals surface area contributed by atoms with Gasteiger partial charge in [-0.05, 0) is 42.0 Å². The van der Waals surface area contributed by atoms with Crippen LogP contribution in [0.5, 0.6) is 0 Å². The number of nitrogens with zero attached hydrogens (tertiary/aromatic N) is 1. The molecule has 1 N–H and O–H groups in total. The zero-order chi connectivity index (χ0) is 12.1. The summed E-state index contributed by atoms with van der Waals surface area (Å²) in [5.41, 5.74) is 0. The lowest BCUT2D eigenvalue weighted by Gasteiger charge is -2.55. The molecule has 4 fully saturated rings. The fourth-order valence-corrected chi connectivity index (χ4v) is 4.90. The van der Waals surface area contributed by atoms with Gasteiger partial charge in [-0.3, -0.25) is 4.79 Å². The molecule has 3 aliphatic heterocycles. The van der Waals surface area contributed by atoms with Gasteiger partial charge in [-0.25, -0.2) is 0 Å². The highest BCUT2D eigenvalue weighted by Gasteiger charge is 2.47. The number of rotatable bonds is 2. The number of amides is 1. The van der Waals surface area contributed by atoms with E-state index in [2.05, 4.69) is 10.2 Å². The Morgan fingerprint density at radius 1 is 1.28 bits per heavy atom. The topological polar surface area (TPSA) is 32.3 Å². The first kappa shape index (κ1) is 11.0. The number of carbonyl (C=O) groups excluding carboxylic acids is 1. The maximum Gasteiger partial charge on any atom is 0.261 e. The van der Waals surface area contributed by atoms with Gasteiger partial charge >= 0.3 is 0 Å². The molecule has 4 bridgehead atoms. The van der Waals surface area contributed by atoms with Crippen LogP contribution in [-0.4, -0.2) is 36.5 Å². The van der Waals surface area contributed by atoms with Gasteiger partial charge in [0.1, 0.15) is 0 Å². The maximum atomic E-state index is 12.2. The molecule has 4 heterocycles. The van der Waals surface area contributed by atoms with E-state index in [1.807, 2.05) is 17.5 Å². The van der Waals surface area contributed by atoms with Gasteiger partial charge in [0.2, 0.25) is 0 Å². The van der Waals surface area contributed by atoms with Crippen LogP contribution in [0.2, 0.25) is 0 Å². The Balaban J connectivity index is 1.50. The van der Waals surface area contributed by atoms with Crippen LogP contribution < -0.4 is 5.32 Å². The summed E-state index contributed by atoms with van der Waals surface area (Å²) in [6.45, 7) is 3.70. The van der Waals surface area contributed by atoms with E-state index >= 15 is 0 Å². The van der Waals surface area contributed by atoms with Crippen molar-refractivity contribution in [1.82, 2.24) is 10.2 Å². The summed E-state index contributed by atoms with van der Waals surface area (Å²) in [5, 5.41) is 5.28. The van der Waals surface area contributed by atoms with E-state index in [1.165, 1.54) is 43.8 Å². The highest BCUT2D eigenvalue weighted by molar-refractivity contribution is 7.12. The number of hydrogen-bond donors (Lipinski definition) is 1. The molecule has 0 spiro atoms. The zero-order valence-corrected chi connectivity index (χ0v) is 11.2. The normalized spacial score (nSPS) is 41.0. The largest absolute Gasteiger partial charge is 0.348 e. The van der Waals surface area contributed by atoms with Gasteiger partial charge in [-0.1, -0.05) is 6.07 Å². The molecule has 0 radical (unpaired) electrons. The smallest absolute Gasteiger partial charge is 0.261 e. The second kappa shape index (κ2) is 4.07. The molecule has 2 atom stereocenters. The quantitative estimate of drug-likeness (QED) is 0.881. The lowest BCUT2D eigenvalue weighted by molar-refractivity contribution is -0.0418. The summed E-state index contributed by atoms with van der Waals surface area (Å²) >= 11 is 1.53. The lowest BCUT2D eigenvalue weighted by Crippen LogP contribution is -2.64. The number of carbonyl (C=O) groups is 1. The molecule has 0 unspecified atom stereocenters. The Labute approximate surface area is 111 Å². The Kier molecular flexibility index (Phi) is 2.49. The van der Waals surface area contributed by atoms with E-state index in [4.69, 9.17) is 0 Å². The molecule has 3 saturated heterocycles.